The molecule has 0 saturated heterocycles. The van der Waals surface area contributed by atoms with Gasteiger partial charge in [-0.3, -0.25) is 4.79 Å². The third-order valence-electron chi connectivity index (χ3n) is 5.23. The van der Waals surface area contributed by atoms with Gasteiger partial charge in [-0.05, 0) is 60.5 Å². The highest BCUT2D eigenvalue weighted by Gasteiger charge is 2.09. The van der Waals surface area contributed by atoms with E-state index in [2.05, 4.69) is 41.7 Å². The molecule has 0 aliphatic heterocycles. The second kappa shape index (κ2) is 10.5. The van der Waals surface area contributed by atoms with Crippen molar-refractivity contribution >= 4 is 22.9 Å². The second-order valence-electron chi connectivity index (χ2n) is 7.63. The molecule has 5 heteroatoms. The van der Waals surface area contributed by atoms with Gasteiger partial charge in [-0.1, -0.05) is 60.2 Å². The molecule has 0 fully saturated rings. The Morgan fingerprint density at radius 1 is 0.909 bits per heavy atom. The Morgan fingerprint density at radius 3 is 2.42 bits per heavy atom. The standard InChI is InChI=1S/C28H26N2O3/c1-3-32-24-15-12-23(13-16-24)28(31)30-29-18-26-25-7-5-4-6-22(25)14-17-27(26)33-19-21-10-8-20(2)9-11-21/h4-18H,3,19H2,1-2H3,(H,30,31)/b29-18-. The van der Waals surface area contributed by atoms with Crippen LogP contribution in [0.25, 0.3) is 10.8 Å². The van der Waals surface area contributed by atoms with Crippen LogP contribution >= 0.6 is 0 Å². The van der Waals surface area contributed by atoms with Gasteiger partial charge in [-0.25, -0.2) is 5.43 Å². The van der Waals surface area contributed by atoms with Gasteiger partial charge in [0, 0.05) is 11.1 Å². The third-order valence-corrected chi connectivity index (χ3v) is 5.23. The van der Waals surface area contributed by atoms with E-state index in [1.165, 1.54) is 5.56 Å². The first-order valence-corrected chi connectivity index (χ1v) is 10.9. The fourth-order valence-corrected chi connectivity index (χ4v) is 3.47. The molecule has 0 aliphatic carbocycles. The molecule has 0 saturated carbocycles. The fourth-order valence-electron chi connectivity index (χ4n) is 3.47. The van der Waals surface area contributed by atoms with Crippen molar-refractivity contribution in [3.05, 3.63) is 107 Å². The Labute approximate surface area is 193 Å². The van der Waals surface area contributed by atoms with Gasteiger partial charge in [0.25, 0.3) is 5.91 Å². The number of ether oxygens (including phenoxy) is 2. The molecule has 0 heterocycles. The molecule has 0 bridgehead atoms. The number of hydrogen-bond acceptors (Lipinski definition) is 4. The van der Waals surface area contributed by atoms with E-state index < -0.39 is 0 Å². The number of carbonyl (C=O) groups is 1. The Bertz CT molecular complexity index is 1260. The molecule has 0 atom stereocenters. The molecule has 166 valence electrons. The molecule has 33 heavy (non-hydrogen) atoms. The highest BCUT2D eigenvalue weighted by atomic mass is 16.5. The van der Waals surface area contributed by atoms with Crippen LogP contribution in [0.2, 0.25) is 0 Å². The van der Waals surface area contributed by atoms with Gasteiger partial charge >= 0.3 is 0 Å². The van der Waals surface area contributed by atoms with Gasteiger partial charge in [0.15, 0.2) is 0 Å². The summed E-state index contributed by atoms with van der Waals surface area (Å²) in [5.74, 6) is 1.13. The smallest absolute Gasteiger partial charge is 0.271 e. The fraction of sp³-hybridized carbons (Fsp3) is 0.143. The summed E-state index contributed by atoms with van der Waals surface area (Å²) < 4.78 is 11.6. The summed E-state index contributed by atoms with van der Waals surface area (Å²) in [5, 5.41) is 6.29. The molecule has 0 spiro atoms. The van der Waals surface area contributed by atoms with Crippen LogP contribution in [0, 0.1) is 6.92 Å². The molecule has 5 nitrogen and oxygen atoms in total. The lowest BCUT2D eigenvalue weighted by Crippen LogP contribution is -2.17. The maximum absolute atomic E-state index is 12.5. The lowest BCUT2D eigenvalue weighted by atomic mass is 10.0. The van der Waals surface area contributed by atoms with Gasteiger partial charge < -0.3 is 9.47 Å². The first-order valence-electron chi connectivity index (χ1n) is 10.9. The zero-order valence-electron chi connectivity index (χ0n) is 18.7. The maximum Gasteiger partial charge on any atom is 0.271 e. The third kappa shape index (κ3) is 5.57. The SMILES string of the molecule is CCOc1ccc(C(=O)N/N=C\c2c(OCc3ccc(C)cc3)ccc3ccccc23)cc1. The molecule has 0 aromatic heterocycles. The summed E-state index contributed by atoms with van der Waals surface area (Å²) in [7, 11) is 0. The minimum atomic E-state index is -0.295. The average molecular weight is 439 g/mol. The van der Waals surface area contributed by atoms with Crippen LogP contribution in [0.5, 0.6) is 11.5 Å². The minimum absolute atomic E-state index is 0.295. The van der Waals surface area contributed by atoms with E-state index in [4.69, 9.17) is 9.47 Å². The van der Waals surface area contributed by atoms with Gasteiger partial charge in [0.2, 0.25) is 0 Å². The van der Waals surface area contributed by atoms with E-state index in [1.54, 1.807) is 30.5 Å². The predicted molar refractivity (Wildman–Crippen MR) is 132 cm³/mol. The summed E-state index contributed by atoms with van der Waals surface area (Å²) in [6, 6.07) is 27.2. The molecule has 4 aromatic rings. The van der Waals surface area contributed by atoms with Crippen molar-refractivity contribution in [3.8, 4) is 11.5 Å². The number of amides is 1. The largest absolute Gasteiger partial charge is 0.494 e. The number of nitrogens with zero attached hydrogens (tertiary/aromatic N) is 1. The Morgan fingerprint density at radius 2 is 1.67 bits per heavy atom. The van der Waals surface area contributed by atoms with Gasteiger partial charge in [0.05, 0.1) is 12.8 Å². The van der Waals surface area contributed by atoms with Crippen molar-refractivity contribution < 1.29 is 14.3 Å². The van der Waals surface area contributed by atoms with Gasteiger partial charge in [-0.15, -0.1) is 0 Å². The number of rotatable bonds is 8. The van der Waals surface area contributed by atoms with Crippen LogP contribution in [0.1, 0.15) is 34.0 Å². The number of hydrazone groups is 1. The van der Waals surface area contributed by atoms with Gasteiger partial charge in [0.1, 0.15) is 18.1 Å². The molecular formula is C28H26N2O3. The zero-order valence-corrected chi connectivity index (χ0v) is 18.7. The average Bonchev–Trinajstić information content (AvgIpc) is 2.85. The molecule has 4 rings (SSSR count). The van der Waals surface area contributed by atoms with Crippen LogP contribution in [-0.4, -0.2) is 18.7 Å². The highest BCUT2D eigenvalue weighted by molar-refractivity contribution is 6.03. The van der Waals surface area contributed by atoms with Crippen LogP contribution in [0.15, 0.2) is 90.0 Å². The lowest BCUT2D eigenvalue weighted by molar-refractivity contribution is 0.0955. The molecular weight excluding hydrogens is 412 g/mol. The van der Waals surface area contributed by atoms with Crippen molar-refractivity contribution in [1.82, 2.24) is 5.43 Å². The van der Waals surface area contributed by atoms with Crippen molar-refractivity contribution in [1.29, 1.82) is 0 Å². The van der Waals surface area contributed by atoms with E-state index in [0.717, 1.165) is 27.6 Å². The molecule has 0 unspecified atom stereocenters. The lowest BCUT2D eigenvalue weighted by Gasteiger charge is -2.12. The Balaban J connectivity index is 1.53. The first kappa shape index (κ1) is 22.1. The predicted octanol–water partition coefficient (Wildman–Crippen LogP) is 5.89. The van der Waals surface area contributed by atoms with Crippen LogP contribution in [0.3, 0.4) is 0 Å². The molecule has 1 N–H and O–H groups in total. The van der Waals surface area contributed by atoms with E-state index in [9.17, 15) is 4.79 Å². The van der Waals surface area contributed by atoms with Crippen molar-refractivity contribution in [3.63, 3.8) is 0 Å². The van der Waals surface area contributed by atoms with E-state index in [-0.39, 0.29) is 5.91 Å². The molecule has 4 aromatic carbocycles. The number of fused-ring (bicyclic) bond motifs is 1. The van der Waals surface area contributed by atoms with Crippen LogP contribution < -0.4 is 14.9 Å². The normalized spacial score (nSPS) is 11.0. The van der Waals surface area contributed by atoms with Crippen molar-refractivity contribution in [2.75, 3.05) is 6.61 Å². The summed E-state index contributed by atoms with van der Waals surface area (Å²) in [4.78, 5) is 12.5. The minimum Gasteiger partial charge on any atom is -0.494 e. The topological polar surface area (TPSA) is 59.9 Å². The first-order chi connectivity index (χ1) is 16.1. The van der Waals surface area contributed by atoms with E-state index in [0.29, 0.717) is 24.5 Å². The van der Waals surface area contributed by atoms with Crippen molar-refractivity contribution in [2.45, 2.75) is 20.5 Å². The van der Waals surface area contributed by atoms with E-state index in [1.807, 2.05) is 43.3 Å². The number of benzene rings is 4. The van der Waals surface area contributed by atoms with E-state index >= 15 is 0 Å². The monoisotopic (exact) mass is 438 g/mol. The summed E-state index contributed by atoms with van der Waals surface area (Å²) in [6.45, 7) is 5.00. The summed E-state index contributed by atoms with van der Waals surface area (Å²) in [5.41, 5.74) is 6.21. The highest BCUT2D eigenvalue weighted by Crippen LogP contribution is 2.27. The molecule has 0 radical (unpaired) electrons. The number of carbonyl (C=O) groups excluding carboxylic acids is 1. The zero-order chi connectivity index (χ0) is 23.0. The second-order valence-corrected chi connectivity index (χ2v) is 7.63. The van der Waals surface area contributed by atoms with Crippen LogP contribution in [-0.2, 0) is 6.61 Å². The molecule has 0 aliphatic rings. The maximum atomic E-state index is 12.5. The summed E-state index contributed by atoms with van der Waals surface area (Å²) >= 11 is 0. The number of aryl methyl sites for hydroxylation is 1. The van der Waals surface area contributed by atoms with Gasteiger partial charge in [-0.2, -0.15) is 5.10 Å². The van der Waals surface area contributed by atoms with Crippen LogP contribution in [0.4, 0.5) is 0 Å². The number of nitrogens with one attached hydrogen (secondary N) is 1. The van der Waals surface area contributed by atoms with Crippen molar-refractivity contribution in [2.24, 2.45) is 5.10 Å². The quantitative estimate of drug-likeness (QED) is 0.276. The number of hydrogen-bond donors (Lipinski definition) is 1. The summed E-state index contributed by atoms with van der Waals surface area (Å²) in [6.07, 6.45) is 1.64. The Hall–Kier alpha value is -4.12. The Kier molecular flexibility index (Phi) is 7.00. The molecule has 1 amide bonds.